The summed E-state index contributed by atoms with van der Waals surface area (Å²) in [5, 5.41) is 45.3. The van der Waals surface area contributed by atoms with Crippen molar-refractivity contribution in [2.75, 3.05) is 13.2 Å². The third kappa shape index (κ3) is 46.3. The molecule has 1 aliphatic heterocycles. The van der Waals surface area contributed by atoms with Crippen LogP contribution in [-0.2, 0) is 28.9 Å². The molecule has 0 aromatic rings. The number of aliphatic hydroxyl groups is 4. The van der Waals surface area contributed by atoms with Crippen LogP contribution in [0.25, 0.3) is 0 Å². The van der Waals surface area contributed by atoms with Crippen molar-refractivity contribution in [2.45, 2.75) is 391 Å². The van der Waals surface area contributed by atoms with Gasteiger partial charge in [0, 0.05) is 6.42 Å². The average molecular weight is 1120 g/mol. The van der Waals surface area contributed by atoms with E-state index in [2.05, 4.69) is 23.3 Å². The Kier molecular flexibility index (Phi) is 52.3. The second-order valence-electron chi connectivity index (χ2n) is 23.8. The Hall–Kier alpha value is -0.900. The Balaban J connectivity index is 2.26. The normalized spacial score (nSPS) is 18.8. The molecule has 0 saturated carbocycles. The van der Waals surface area contributed by atoms with E-state index in [0.717, 1.165) is 51.4 Å². The number of hydrogen-bond acceptors (Lipinski definition) is 10. The van der Waals surface area contributed by atoms with Crippen molar-refractivity contribution >= 4 is 16.3 Å². The summed E-state index contributed by atoms with van der Waals surface area (Å²) in [6.07, 6.45) is 57.0. The average Bonchev–Trinajstić information content (AvgIpc) is 3.41. The fourth-order valence-electron chi connectivity index (χ4n) is 11.3. The van der Waals surface area contributed by atoms with Gasteiger partial charge >= 0.3 is 10.4 Å². The Labute approximate surface area is 475 Å². The third-order valence-corrected chi connectivity index (χ3v) is 16.9. The van der Waals surface area contributed by atoms with Gasteiger partial charge in [0.25, 0.3) is 0 Å². The minimum Gasteiger partial charge on any atom is -0.394 e. The highest BCUT2D eigenvalue weighted by molar-refractivity contribution is 7.80. The Morgan fingerprint density at radius 2 is 0.753 bits per heavy atom. The fourth-order valence-corrected chi connectivity index (χ4v) is 11.8. The van der Waals surface area contributed by atoms with Crippen LogP contribution >= 0.6 is 0 Å². The van der Waals surface area contributed by atoms with Crippen LogP contribution in [0.3, 0.4) is 0 Å². The Morgan fingerprint density at radius 1 is 0.468 bits per heavy atom. The van der Waals surface area contributed by atoms with E-state index in [1.165, 1.54) is 270 Å². The van der Waals surface area contributed by atoms with Crippen molar-refractivity contribution in [1.29, 1.82) is 0 Å². The molecule has 1 rings (SSSR count). The van der Waals surface area contributed by atoms with E-state index in [-0.39, 0.29) is 12.5 Å². The van der Waals surface area contributed by atoms with Gasteiger partial charge < -0.3 is 35.2 Å². The smallest absolute Gasteiger partial charge is 0.394 e. The lowest BCUT2D eigenvalue weighted by Crippen LogP contribution is -2.61. The first kappa shape index (κ1) is 74.1. The number of carbonyl (C=O) groups is 1. The fraction of sp³-hybridized carbons (Fsp3) is 0.984. The third-order valence-electron chi connectivity index (χ3n) is 16.4. The molecular weight excluding hydrogens is 991 g/mol. The molecule has 1 fully saturated rings. The van der Waals surface area contributed by atoms with Crippen LogP contribution in [0.5, 0.6) is 0 Å². The van der Waals surface area contributed by atoms with Crippen molar-refractivity contribution in [3.05, 3.63) is 0 Å². The molecule has 0 spiro atoms. The van der Waals surface area contributed by atoms with Crippen molar-refractivity contribution < 1.29 is 51.8 Å². The Bertz CT molecular complexity index is 1360. The van der Waals surface area contributed by atoms with E-state index in [1.807, 2.05) is 0 Å². The van der Waals surface area contributed by atoms with Gasteiger partial charge in [0.05, 0.1) is 25.4 Å². The number of hydrogen-bond donors (Lipinski definition) is 6. The summed E-state index contributed by atoms with van der Waals surface area (Å²) >= 11 is 0. The number of rotatable bonds is 60. The number of ether oxygens (including phenoxy) is 2. The molecule has 1 amide bonds. The molecule has 77 heavy (non-hydrogen) atoms. The number of amides is 1. The number of carbonyl (C=O) groups excluding carboxylic acids is 1. The lowest BCUT2D eigenvalue weighted by atomic mass is 9.99. The summed E-state index contributed by atoms with van der Waals surface area (Å²) in [6, 6.07) is -0.854. The molecule has 0 bridgehead atoms. The zero-order valence-electron chi connectivity index (χ0n) is 50.3. The maximum atomic E-state index is 13.2. The maximum absolute atomic E-state index is 13.2. The first-order valence-electron chi connectivity index (χ1n) is 33.4. The van der Waals surface area contributed by atoms with Gasteiger partial charge in [-0.2, -0.15) is 8.42 Å². The molecule has 0 aliphatic carbocycles. The van der Waals surface area contributed by atoms with Crippen molar-refractivity contribution in [3.63, 3.8) is 0 Å². The van der Waals surface area contributed by atoms with E-state index in [4.69, 9.17) is 9.47 Å². The summed E-state index contributed by atoms with van der Waals surface area (Å²) in [7, 11) is -5.08. The van der Waals surface area contributed by atoms with E-state index in [9.17, 15) is 38.2 Å². The van der Waals surface area contributed by atoms with Gasteiger partial charge in [0.2, 0.25) is 5.91 Å². The standard InChI is InChI=1S/C64H127NO11S/c1-3-5-7-9-11-13-15-17-19-21-23-25-27-29-30-32-34-36-38-40-42-44-46-48-50-52-54-60(68)65-57(56-74-64-62(70)63(76-77(71,72)73)61(69)59(55-66)75-64)58(67)53-51-49-47-45-43-41-39-37-35-33-31-28-26-24-22-20-18-16-14-12-10-8-6-4-2/h57-59,61-64,66-67,69-70H,3-56H2,1-2H3,(H,65,68)(H,71,72,73). The minimum absolute atomic E-state index is 0.220. The Morgan fingerprint density at radius 3 is 1.04 bits per heavy atom. The second kappa shape index (κ2) is 54.4. The van der Waals surface area contributed by atoms with Crippen LogP contribution in [0.15, 0.2) is 0 Å². The predicted octanol–water partition coefficient (Wildman–Crippen LogP) is 16.8. The van der Waals surface area contributed by atoms with Gasteiger partial charge in [-0.05, 0) is 12.8 Å². The van der Waals surface area contributed by atoms with Gasteiger partial charge in [0.1, 0.15) is 24.4 Å². The number of unbranched alkanes of at least 4 members (excludes halogenated alkanes) is 48. The van der Waals surface area contributed by atoms with Gasteiger partial charge in [0.15, 0.2) is 6.29 Å². The van der Waals surface area contributed by atoms with E-state index < -0.39 is 59.9 Å². The van der Waals surface area contributed by atoms with Gasteiger partial charge in [-0.1, -0.05) is 328 Å². The molecule has 12 nitrogen and oxygen atoms in total. The molecule has 7 atom stereocenters. The highest BCUT2D eigenvalue weighted by Gasteiger charge is 2.48. The van der Waals surface area contributed by atoms with Gasteiger partial charge in [-0.3, -0.25) is 9.35 Å². The summed E-state index contributed by atoms with van der Waals surface area (Å²) in [6.45, 7) is 3.53. The van der Waals surface area contributed by atoms with Crippen LogP contribution in [0.2, 0.25) is 0 Å². The van der Waals surface area contributed by atoms with Gasteiger partial charge in [-0.25, -0.2) is 4.18 Å². The van der Waals surface area contributed by atoms with Crippen LogP contribution in [0.1, 0.15) is 348 Å². The van der Waals surface area contributed by atoms with Gasteiger partial charge in [-0.15, -0.1) is 0 Å². The van der Waals surface area contributed by atoms with Crippen molar-refractivity contribution in [1.82, 2.24) is 5.32 Å². The van der Waals surface area contributed by atoms with Crippen LogP contribution in [-0.4, -0.2) is 95.4 Å². The minimum atomic E-state index is -5.08. The summed E-state index contributed by atoms with van der Waals surface area (Å²) < 4.78 is 48.1. The van der Waals surface area contributed by atoms with E-state index in [0.29, 0.717) is 12.8 Å². The molecule has 1 saturated heterocycles. The van der Waals surface area contributed by atoms with E-state index >= 15 is 0 Å². The molecular formula is C64H127NO11S. The molecule has 0 aromatic heterocycles. The SMILES string of the molecule is CCCCCCCCCCCCCCCCCCCCCCCCCCCCC(=O)NC(COC1OC(CO)C(O)C(OS(=O)(=O)O)C1O)C(O)CCCCCCCCCCCCCCCCCCCCCCCCCC. The zero-order valence-corrected chi connectivity index (χ0v) is 51.1. The molecule has 0 aromatic carbocycles. The molecule has 7 unspecified atom stereocenters. The number of nitrogens with one attached hydrogen (secondary N) is 1. The summed E-state index contributed by atoms with van der Waals surface area (Å²) in [5.74, 6) is -0.220. The van der Waals surface area contributed by atoms with E-state index in [1.54, 1.807) is 0 Å². The summed E-state index contributed by atoms with van der Waals surface area (Å²) in [5.41, 5.74) is 0. The molecule has 460 valence electrons. The molecule has 1 heterocycles. The van der Waals surface area contributed by atoms with Crippen molar-refractivity contribution in [2.24, 2.45) is 0 Å². The first-order valence-corrected chi connectivity index (χ1v) is 34.8. The monoisotopic (exact) mass is 1120 g/mol. The molecule has 0 radical (unpaired) electrons. The molecule has 13 heteroatoms. The highest BCUT2D eigenvalue weighted by Crippen LogP contribution is 2.27. The summed E-state index contributed by atoms with van der Waals surface area (Å²) in [4.78, 5) is 13.2. The van der Waals surface area contributed by atoms with Crippen LogP contribution in [0.4, 0.5) is 0 Å². The molecule has 1 aliphatic rings. The highest BCUT2D eigenvalue weighted by atomic mass is 32.3. The lowest BCUT2D eigenvalue weighted by Gasteiger charge is -2.41. The predicted molar refractivity (Wildman–Crippen MR) is 320 cm³/mol. The second-order valence-corrected chi connectivity index (χ2v) is 24.8. The van der Waals surface area contributed by atoms with Crippen molar-refractivity contribution in [3.8, 4) is 0 Å². The lowest BCUT2D eigenvalue weighted by molar-refractivity contribution is -0.298. The van der Waals surface area contributed by atoms with Crippen LogP contribution < -0.4 is 5.32 Å². The first-order chi connectivity index (χ1) is 37.5. The quantitative estimate of drug-likeness (QED) is 0.0251. The number of aliphatic hydroxyl groups excluding tert-OH is 4. The topological polar surface area (TPSA) is 192 Å². The molecule has 6 N–H and O–H groups in total. The zero-order chi connectivity index (χ0) is 56.1. The van der Waals surface area contributed by atoms with Crippen LogP contribution in [0, 0.1) is 0 Å². The maximum Gasteiger partial charge on any atom is 0.397 e. The largest absolute Gasteiger partial charge is 0.397 e.